The van der Waals surface area contributed by atoms with Crippen molar-refractivity contribution < 1.29 is 14.5 Å². The Bertz CT molecular complexity index is 866. The average molecular weight is 375 g/mol. The molecule has 1 aliphatic rings. The Labute approximate surface area is 153 Å². The standard InChI is InChI=1S/C17H15ClN4O4/c18-15-8-7-13(22(25)26)9-14(15)16(23)19-10-1-3-11(4-2-10)20-17(24)21-12-5-6-12/h1-4,7-9,12H,5-6H2,(H,19,23)(H2,20,21,24). The van der Waals surface area contributed by atoms with Crippen LogP contribution in [0.15, 0.2) is 42.5 Å². The summed E-state index contributed by atoms with van der Waals surface area (Å²) in [6.45, 7) is 0. The highest BCUT2D eigenvalue weighted by atomic mass is 35.5. The van der Waals surface area contributed by atoms with Crippen molar-refractivity contribution in [1.82, 2.24) is 5.32 Å². The minimum absolute atomic E-state index is 0.00637. The molecule has 8 nitrogen and oxygen atoms in total. The van der Waals surface area contributed by atoms with Crippen molar-refractivity contribution in [3.05, 3.63) is 63.2 Å². The Morgan fingerprint density at radius 3 is 2.23 bits per heavy atom. The van der Waals surface area contributed by atoms with Crippen molar-refractivity contribution >= 4 is 40.6 Å². The summed E-state index contributed by atoms with van der Waals surface area (Å²) in [5, 5.41) is 19.1. The second-order valence-electron chi connectivity index (χ2n) is 5.83. The zero-order chi connectivity index (χ0) is 18.7. The molecule has 9 heteroatoms. The van der Waals surface area contributed by atoms with Gasteiger partial charge in [0.15, 0.2) is 0 Å². The van der Waals surface area contributed by atoms with Crippen LogP contribution in [0, 0.1) is 10.1 Å². The van der Waals surface area contributed by atoms with Crippen LogP contribution in [0.2, 0.25) is 5.02 Å². The number of nitrogens with one attached hydrogen (secondary N) is 3. The van der Waals surface area contributed by atoms with E-state index in [0.717, 1.165) is 18.9 Å². The van der Waals surface area contributed by atoms with Gasteiger partial charge >= 0.3 is 6.03 Å². The fourth-order valence-corrected chi connectivity index (χ4v) is 2.42. The molecule has 0 spiro atoms. The van der Waals surface area contributed by atoms with Gasteiger partial charge in [-0.1, -0.05) is 11.6 Å². The van der Waals surface area contributed by atoms with Crippen LogP contribution in [-0.4, -0.2) is 22.9 Å². The maximum atomic E-state index is 12.3. The first-order valence-corrected chi connectivity index (χ1v) is 8.23. The van der Waals surface area contributed by atoms with Crippen molar-refractivity contribution in [1.29, 1.82) is 0 Å². The third-order valence-corrected chi connectivity index (χ3v) is 4.05. The summed E-state index contributed by atoms with van der Waals surface area (Å²) in [4.78, 5) is 34.2. The van der Waals surface area contributed by atoms with Gasteiger partial charge in [-0.2, -0.15) is 0 Å². The largest absolute Gasteiger partial charge is 0.335 e. The SMILES string of the molecule is O=C(Nc1ccc(NC(=O)c2cc([N+](=O)[O-])ccc2Cl)cc1)NC1CC1. The molecule has 1 saturated carbocycles. The predicted molar refractivity (Wildman–Crippen MR) is 97.7 cm³/mol. The number of non-ortho nitro benzene ring substituents is 1. The number of rotatable bonds is 5. The van der Waals surface area contributed by atoms with Gasteiger partial charge in [-0.05, 0) is 43.2 Å². The first kappa shape index (κ1) is 17.7. The Kier molecular flexibility index (Phi) is 5.04. The van der Waals surface area contributed by atoms with Crippen LogP contribution in [0.25, 0.3) is 0 Å². The number of carbonyl (C=O) groups is 2. The molecule has 0 atom stereocenters. The van der Waals surface area contributed by atoms with E-state index in [0.29, 0.717) is 11.4 Å². The van der Waals surface area contributed by atoms with Gasteiger partial charge in [0.05, 0.1) is 15.5 Å². The van der Waals surface area contributed by atoms with E-state index in [4.69, 9.17) is 11.6 Å². The molecule has 2 aromatic rings. The Hall–Kier alpha value is -3.13. The van der Waals surface area contributed by atoms with Gasteiger partial charge in [-0.3, -0.25) is 14.9 Å². The average Bonchev–Trinajstić information content (AvgIpc) is 3.40. The first-order chi connectivity index (χ1) is 12.4. The molecule has 26 heavy (non-hydrogen) atoms. The van der Waals surface area contributed by atoms with Crippen LogP contribution in [0.4, 0.5) is 21.9 Å². The van der Waals surface area contributed by atoms with Crippen LogP contribution in [0.3, 0.4) is 0 Å². The molecule has 0 saturated heterocycles. The van der Waals surface area contributed by atoms with Crippen LogP contribution >= 0.6 is 11.6 Å². The van der Waals surface area contributed by atoms with Crippen LogP contribution in [-0.2, 0) is 0 Å². The third-order valence-electron chi connectivity index (χ3n) is 3.72. The van der Waals surface area contributed by atoms with Gasteiger partial charge in [0.25, 0.3) is 11.6 Å². The molecule has 0 bridgehead atoms. The van der Waals surface area contributed by atoms with E-state index in [1.807, 2.05) is 0 Å². The lowest BCUT2D eigenvalue weighted by Gasteiger charge is -2.09. The number of nitro benzene ring substituents is 1. The van der Waals surface area contributed by atoms with E-state index in [-0.39, 0.29) is 28.3 Å². The molecule has 3 rings (SSSR count). The summed E-state index contributed by atoms with van der Waals surface area (Å²) in [5.74, 6) is -0.564. The lowest BCUT2D eigenvalue weighted by atomic mass is 10.2. The molecule has 2 aromatic carbocycles. The quantitative estimate of drug-likeness (QED) is 0.545. The highest BCUT2D eigenvalue weighted by Crippen LogP contribution is 2.24. The van der Waals surface area contributed by atoms with Crippen molar-refractivity contribution in [3.63, 3.8) is 0 Å². The highest BCUT2D eigenvalue weighted by molar-refractivity contribution is 6.34. The van der Waals surface area contributed by atoms with E-state index >= 15 is 0 Å². The number of urea groups is 1. The summed E-state index contributed by atoms with van der Waals surface area (Å²) >= 11 is 5.95. The van der Waals surface area contributed by atoms with Gasteiger partial charge in [-0.25, -0.2) is 4.79 Å². The van der Waals surface area contributed by atoms with E-state index in [1.165, 1.54) is 12.1 Å². The zero-order valence-corrected chi connectivity index (χ0v) is 14.2. The van der Waals surface area contributed by atoms with Crippen molar-refractivity contribution in [2.45, 2.75) is 18.9 Å². The number of carbonyl (C=O) groups excluding carboxylic acids is 2. The van der Waals surface area contributed by atoms with Crippen molar-refractivity contribution in [2.75, 3.05) is 10.6 Å². The summed E-state index contributed by atoms with van der Waals surface area (Å²) in [6, 6.07) is 10.1. The number of nitrogens with zero attached hydrogens (tertiary/aromatic N) is 1. The van der Waals surface area contributed by atoms with E-state index in [2.05, 4.69) is 16.0 Å². The molecule has 0 radical (unpaired) electrons. The van der Waals surface area contributed by atoms with Gasteiger partial charge in [0.1, 0.15) is 0 Å². The monoisotopic (exact) mass is 374 g/mol. The molecule has 0 aliphatic heterocycles. The van der Waals surface area contributed by atoms with Crippen LogP contribution in [0.5, 0.6) is 0 Å². The molecule has 3 N–H and O–H groups in total. The smallest absolute Gasteiger partial charge is 0.319 e. The molecule has 3 amide bonds. The maximum Gasteiger partial charge on any atom is 0.319 e. The highest BCUT2D eigenvalue weighted by Gasteiger charge is 2.23. The maximum absolute atomic E-state index is 12.3. The zero-order valence-electron chi connectivity index (χ0n) is 13.5. The topological polar surface area (TPSA) is 113 Å². The molecular weight excluding hydrogens is 360 g/mol. The van der Waals surface area contributed by atoms with Gasteiger partial charge < -0.3 is 16.0 Å². The minimum Gasteiger partial charge on any atom is -0.335 e. The third kappa shape index (κ3) is 4.48. The number of halogens is 1. The second kappa shape index (κ2) is 7.40. The fourth-order valence-electron chi connectivity index (χ4n) is 2.22. The van der Waals surface area contributed by atoms with Crippen molar-refractivity contribution in [2.24, 2.45) is 0 Å². The number of hydrogen-bond donors (Lipinski definition) is 3. The molecule has 0 aromatic heterocycles. The first-order valence-electron chi connectivity index (χ1n) is 7.85. The Balaban J connectivity index is 1.65. The molecule has 0 unspecified atom stereocenters. The molecule has 1 aliphatic carbocycles. The summed E-state index contributed by atoms with van der Waals surface area (Å²) in [7, 11) is 0. The van der Waals surface area contributed by atoms with Gasteiger partial charge in [-0.15, -0.1) is 0 Å². The Morgan fingerprint density at radius 2 is 1.65 bits per heavy atom. The second-order valence-corrected chi connectivity index (χ2v) is 6.23. The van der Waals surface area contributed by atoms with Gasteiger partial charge in [0.2, 0.25) is 0 Å². The van der Waals surface area contributed by atoms with E-state index in [9.17, 15) is 19.7 Å². The predicted octanol–water partition coefficient (Wildman–Crippen LogP) is 3.78. The Morgan fingerprint density at radius 1 is 1.04 bits per heavy atom. The lowest BCUT2D eigenvalue weighted by Crippen LogP contribution is -2.30. The molecule has 0 heterocycles. The number of nitro groups is 1. The summed E-state index contributed by atoms with van der Waals surface area (Å²) < 4.78 is 0. The normalized spacial score (nSPS) is 13.0. The van der Waals surface area contributed by atoms with Crippen LogP contribution in [0.1, 0.15) is 23.2 Å². The summed E-state index contributed by atoms with van der Waals surface area (Å²) in [5.41, 5.74) is 0.827. The van der Waals surface area contributed by atoms with Crippen LogP contribution < -0.4 is 16.0 Å². The van der Waals surface area contributed by atoms with Gasteiger partial charge in [0, 0.05) is 29.5 Å². The number of amides is 3. The number of hydrogen-bond acceptors (Lipinski definition) is 4. The van der Waals surface area contributed by atoms with E-state index in [1.54, 1.807) is 24.3 Å². The van der Waals surface area contributed by atoms with Crippen molar-refractivity contribution in [3.8, 4) is 0 Å². The fraction of sp³-hybridized carbons (Fsp3) is 0.176. The molecule has 1 fully saturated rings. The minimum atomic E-state index is -0.597. The molecule has 134 valence electrons. The number of anilines is 2. The number of benzene rings is 2. The van der Waals surface area contributed by atoms with E-state index < -0.39 is 10.8 Å². The molecular formula is C17H15ClN4O4. The summed E-state index contributed by atoms with van der Waals surface area (Å²) in [6.07, 6.45) is 2.00. The lowest BCUT2D eigenvalue weighted by molar-refractivity contribution is -0.384.